The number of alkyl halides is 1. The van der Waals surface area contributed by atoms with Crippen LogP contribution in [0.5, 0.6) is 5.75 Å². The van der Waals surface area contributed by atoms with Crippen molar-refractivity contribution in [2.24, 2.45) is 0 Å². The molecule has 0 aliphatic carbocycles. The van der Waals surface area contributed by atoms with Crippen molar-refractivity contribution in [3.63, 3.8) is 0 Å². The summed E-state index contributed by atoms with van der Waals surface area (Å²) in [6, 6.07) is 2.41. The molecule has 0 saturated heterocycles. The lowest BCUT2D eigenvalue weighted by atomic mass is 10.4. The van der Waals surface area contributed by atoms with Crippen molar-refractivity contribution in [1.82, 2.24) is 0 Å². The molecule has 1 rings (SSSR count). The number of halogens is 1. The Morgan fingerprint density at radius 1 is 1.60 bits per heavy atom. The number of rotatable bonds is 1. The van der Waals surface area contributed by atoms with E-state index in [0.29, 0.717) is 11.1 Å². The van der Waals surface area contributed by atoms with E-state index < -0.39 is 5.63 Å². The fourth-order valence-electron chi connectivity index (χ4n) is 0.581. The zero-order valence-corrected chi connectivity index (χ0v) is 6.59. The summed E-state index contributed by atoms with van der Waals surface area (Å²) >= 11 is 3.08. The minimum atomic E-state index is -0.533. The molecule has 1 aromatic heterocycles. The molecule has 0 radical (unpaired) electrons. The second-order valence-corrected chi connectivity index (χ2v) is 2.30. The molecule has 54 valence electrons. The summed E-state index contributed by atoms with van der Waals surface area (Å²) in [5.41, 5.74) is -0.533. The summed E-state index contributed by atoms with van der Waals surface area (Å²) in [5, 5.41) is 9.27. The molecule has 3 nitrogen and oxygen atoms in total. The molecular weight excluding hydrogens is 200 g/mol. The monoisotopic (exact) mass is 204 g/mol. The second-order valence-electron chi connectivity index (χ2n) is 1.73. The molecule has 4 heteroatoms. The average Bonchev–Trinajstić information content (AvgIpc) is 1.85. The van der Waals surface area contributed by atoms with Gasteiger partial charge in [0.2, 0.25) is 0 Å². The van der Waals surface area contributed by atoms with Gasteiger partial charge >= 0.3 is 5.63 Å². The van der Waals surface area contributed by atoms with E-state index >= 15 is 0 Å². The third kappa shape index (κ3) is 1.60. The molecule has 0 bridgehead atoms. The Hall–Kier alpha value is -0.770. The van der Waals surface area contributed by atoms with Gasteiger partial charge in [-0.25, -0.2) is 4.79 Å². The first-order valence-electron chi connectivity index (χ1n) is 2.61. The Kier molecular flexibility index (Phi) is 2.11. The van der Waals surface area contributed by atoms with Crippen molar-refractivity contribution in [2.45, 2.75) is 5.33 Å². The van der Waals surface area contributed by atoms with Crippen LogP contribution in [0.2, 0.25) is 0 Å². The topological polar surface area (TPSA) is 50.4 Å². The fourth-order valence-corrected chi connectivity index (χ4v) is 0.858. The summed E-state index contributed by atoms with van der Waals surface area (Å²) < 4.78 is 4.64. The van der Waals surface area contributed by atoms with Crippen LogP contribution in [0.15, 0.2) is 21.3 Å². The summed E-state index contributed by atoms with van der Waals surface area (Å²) in [4.78, 5) is 10.5. The zero-order chi connectivity index (χ0) is 7.56. The van der Waals surface area contributed by atoms with E-state index in [9.17, 15) is 4.79 Å². The predicted octanol–water partition coefficient (Wildman–Crippen LogP) is 1.24. The molecule has 1 aromatic rings. The first kappa shape index (κ1) is 7.34. The highest BCUT2D eigenvalue weighted by molar-refractivity contribution is 9.08. The Balaban J connectivity index is 3.19. The van der Waals surface area contributed by atoms with Gasteiger partial charge in [0, 0.05) is 6.07 Å². The molecule has 1 N–H and O–H groups in total. The standard InChI is InChI=1S/C6H5BrO3/c7-3-5-1-4(8)2-6(9)10-5/h1-2,8H,3H2. The van der Waals surface area contributed by atoms with Gasteiger partial charge in [-0.05, 0) is 0 Å². The number of hydrogen-bond acceptors (Lipinski definition) is 3. The molecular formula is C6H5BrO3. The van der Waals surface area contributed by atoms with Crippen molar-refractivity contribution >= 4 is 15.9 Å². The quantitative estimate of drug-likeness (QED) is 0.701. The summed E-state index contributed by atoms with van der Waals surface area (Å²) in [7, 11) is 0. The van der Waals surface area contributed by atoms with E-state index in [1.165, 1.54) is 6.07 Å². The van der Waals surface area contributed by atoms with Crippen molar-refractivity contribution in [2.75, 3.05) is 0 Å². The lowest BCUT2D eigenvalue weighted by Gasteiger charge is -1.92. The first-order chi connectivity index (χ1) is 4.72. The van der Waals surface area contributed by atoms with Gasteiger partial charge in [0.05, 0.1) is 11.4 Å². The van der Waals surface area contributed by atoms with E-state index in [4.69, 9.17) is 5.11 Å². The predicted molar refractivity (Wildman–Crippen MR) is 39.3 cm³/mol. The van der Waals surface area contributed by atoms with Crippen LogP contribution < -0.4 is 5.63 Å². The van der Waals surface area contributed by atoms with Crippen LogP contribution in [0.4, 0.5) is 0 Å². The molecule has 10 heavy (non-hydrogen) atoms. The van der Waals surface area contributed by atoms with Crippen LogP contribution in [-0.4, -0.2) is 5.11 Å². The van der Waals surface area contributed by atoms with Gasteiger partial charge in [-0.2, -0.15) is 0 Å². The zero-order valence-electron chi connectivity index (χ0n) is 5.00. The Labute approximate surface area is 65.4 Å². The smallest absolute Gasteiger partial charge is 0.339 e. The summed E-state index contributed by atoms with van der Waals surface area (Å²) in [5.74, 6) is 0.357. The van der Waals surface area contributed by atoms with E-state index in [0.717, 1.165) is 6.07 Å². The van der Waals surface area contributed by atoms with Gasteiger partial charge in [-0.15, -0.1) is 0 Å². The maximum Gasteiger partial charge on any atom is 0.339 e. The molecule has 0 saturated carbocycles. The van der Waals surface area contributed by atoms with E-state index in [2.05, 4.69) is 20.3 Å². The van der Waals surface area contributed by atoms with Crippen molar-refractivity contribution in [3.8, 4) is 5.75 Å². The molecule has 1 heterocycles. The largest absolute Gasteiger partial charge is 0.508 e. The number of aromatic hydroxyl groups is 1. The molecule has 0 aromatic carbocycles. The minimum absolute atomic E-state index is 0.0642. The van der Waals surface area contributed by atoms with Crippen LogP contribution >= 0.6 is 15.9 Å². The maximum absolute atomic E-state index is 10.5. The Bertz CT molecular complexity index is 279. The SMILES string of the molecule is O=c1cc(O)cc(CBr)o1. The van der Waals surface area contributed by atoms with Crippen molar-refractivity contribution < 1.29 is 9.52 Å². The molecule has 0 aliphatic rings. The van der Waals surface area contributed by atoms with Crippen LogP contribution in [0.1, 0.15) is 5.76 Å². The molecule has 0 aliphatic heterocycles. The van der Waals surface area contributed by atoms with E-state index in [-0.39, 0.29) is 5.75 Å². The van der Waals surface area contributed by atoms with E-state index in [1.807, 2.05) is 0 Å². The normalized spacial score (nSPS) is 9.70. The maximum atomic E-state index is 10.5. The van der Waals surface area contributed by atoms with Gasteiger partial charge in [-0.1, -0.05) is 15.9 Å². The minimum Gasteiger partial charge on any atom is -0.508 e. The molecule has 0 spiro atoms. The molecule has 0 atom stereocenters. The first-order valence-corrected chi connectivity index (χ1v) is 3.73. The van der Waals surface area contributed by atoms with Gasteiger partial charge < -0.3 is 9.52 Å². The third-order valence-corrected chi connectivity index (χ3v) is 1.49. The Morgan fingerprint density at radius 3 is 2.80 bits per heavy atom. The number of hydrogen-bond donors (Lipinski definition) is 1. The highest BCUT2D eigenvalue weighted by Gasteiger charge is 1.96. The van der Waals surface area contributed by atoms with Gasteiger partial charge in [-0.3, -0.25) is 0 Å². The van der Waals surface area contributed by atoms with Crippen LogP contribution in [0, 0.1) is 0 Å². The van der Waals surface area contributed by atoms with Crippen molar-refractivity contribution in [3.05, 3.63) is 28.3 Å². The van der Waals surface area contributed by atoms with Gasteiger partial charge in [0.1, 0.15) is 11.5 Å². The van der Waals surface area contributed by atoms with Gasteiger partial charge in [0.15, 0.2) is 0 Å². The fraction of sp³-hybridized carbons (Fsp3) is 0.167. The molecule has 0 fully saturated rings. The second kappa shape index (κ2) is 2.88. The summed E-state index contributed by atoms with van der Waals surface area (Å²) in [6.45, 7) is 0. The van der Waals surface area contributed by atoms with Crippen LogP contribution in [-0.2, 0) is 5.33 Å². The van der Waals surface area contributed by atoms with Crippen LogP contribution in [0.25, 0.3) is 0 Å². The third-order valence-electron chi connectivity index (χ3n) is 0.938. The van der Waals surface area contributed by atoms with Crippen molar-refractivity contribution in [1.29, 1.82) is 0 Å². The Morgan fingerprint density at radius 2 is 2.30 bits per heavy atom. The molecule has 0 unspecified atom stereocenters. The molecule has 0 amide bonds. The van der Waals surface area contributed by atoms with Gasteiger partial charge in [0.25, 0.3) is 0 Å². The lowest BCUT2D eigenvalue weighted by molar-refractivity contribution is 0.433. The highest BCUT2D eigenvalue weighted by Crippen LogP contribution is 2.09. The highest BCUT2D eigenvalue weighted by atomic mass is 79.9. The average molecular weight is 205 g/mol. The van der Waals surface area contributed by atoms with E-state index in [1.54, 1.807) is 0 Å². The summed E-state index contributed by atoms with van der Waals surface area (Å²) in [6.07, 6.45) is 0. The lowest BCUT2D eigenvalue weighted by Crippen LogP contribution is -1.96. The van der Waals surface area contributed by atoms with Crippen LogP contribution in [0.3, 0.4) is 0 Å².